The zero-order valence-electron chi connectivity index (χ0n) is 11.7. The van der Waals surface area contributed by atoms with Crippen LogP contribution in [0.2, 0.25) is 0 Å². The van der Waals surface area contributed by atoms with Crippen LogP contribution in [0.3, 0.4) is 0 Å². The van der Waals surface area contributed by atoms with Crippen LogP contribution in [0.5, 0.6) is 0 Å². The summed E-state index contributed by atoms with van der Waals surface area (Å²) in [5, 5.41) is 9.58. The number of aliphatic hydroxyl groups is 1. The van der Waals surface area contributed by atoms with E-state index in [9.17, 15) is 9.90 Å². The van der Waals surface area contributed by atoms with Crippen LogP contribution in [0.4, 0.5) is 0 Å². The Labute approximate surface area is 105 Å². The lowest BCUT2D eigenvalue weighted by Gasteiger charge is -2.35. The number of allylic oxidation sites excluding steroid dienone is 1. The van der Waals surface area contributed by atoms with Crippen LogP contribution in [-0.2, 0) is 9.53 Å². The molecular formula is C14H26O3. The van der Waals surface area contributed by atoms with E-state index < -0.39 is 0 Å². The lowest BCUT2D eigenvalue weighted by molar-refractivity contribution is -0.145. The van der Waals surface area contributed by atoms with Crippen LogP contribution in [0, 0.1) is 11.3 Å². The predicted octanol–water partition coefficient (Wildman–Crippen LogP) is 2.93. The number of hydrogen-bond donors (Lipinski definition) is 1. The maximum absolute atomic E-state index is 11.6. The molecule has 0 aliphatic rings. The fourth-order valence-corrected chi connectivity index (χ4v) is 1.77. The van der Waals surface area contributed by atoms with Crippen LogP contribution in [0.1, 0.15) is 47.5 Å². The highest BCUT2D eigenvalue weighted by atomic mass is 16.5. The summed E-state index contributed by atoms with van der Waals surface area (Å²) in [7, 11) is 0. The van der Waals surface area contributed by atoms with E-state index in [1.54, 1.807) is 13.0 Å². The molecule has 0 saturated carbocycles. The second-order valence-electron chi connectivity index (χ2n) is 4.97. The molecule has 3 heteroatoms. The molecule has 0 bridgehead atoms. The summed E-state index contributed by atoms with van der Waals surface area (Å²) in [5.74, 6) is -0.00626. The molecule has 0 aromatic heterocycles. The van der Waals surface area contributed by atoms with E-state index in [2.05, 4.69) is 20.8 Å². The van der Waals surface area contributed by atoms with Gasteiger partial charge in [0, 0.05) is 11.0 Å². The van der Waals surface area contributed by atoms with Gasteiger partial charge in [-0.1, -0.05) is 33.3 Å². The van der Waals surface area contributed by atoms with Gasteiger partial charge in [-0.15, -0.1) is 0 Å². The Morgan fingerprint density at radius 1 is 1.47 bits per heavy atom. The Morgan fingerprint density at radius 3 is 2.41 bits per heavy atom. The summed E-state index contributed by atoms with van der Waals surface area (Å²) >= 11 is 0. The first-order valence-electron chi connectivity index (χ1n) is 6.34. The summed E-state index contributed by atoms with van der Waals surface area (Å²) in [4.78, 5) is 11.6. The number of esters is 1. The summed E-state index contributed by atoms with van der Waals surface area (Å²) in [6.07, 6.45) is 3.57. The van der Waals surface area contributed by atoms with E-state index in [1.165, 1.54) is 0 Å². The van der Waals surface area contributed by atoms with E-state index in [1.807, 2.05) is 6.92 Å². The van der Waals surface area contributed by atoms with Crippen molar-refractivity contribution in [2.75, 3.05) is 13.2 Å². The molecule has 1 N–H and O–H groups in total. The van der Waals surface area contributed by atoms with Gasteiger partial charge in [0.25, 0.3) is 0 Å². The predicted molar refractivity (Wildman–Crippen MR) is 69.7 cm³/mol. The minimum absolute atomic E-state index is 0.0562. The van der Waals surface area contributed by atoms with Crippen LogP contribution in [0.15, 0.2) is 11.6 Å². The third kappa shape index (κ3) is 4.50. The second-order valence-corrected chi connectivity index (χ2v) is 4.97. The van der Waals surface area contributed by atoms with E-state index in [0.717, 1.165) is 12.8 Å². The molecule has 0 rings (SSSR count). The third-order valence-electron chi connectivity index (χ3n) is 3.53. The standard InChI is InChI=1S/C14H26O3/c1-6-8-14(9-15,11(3)4)10-17-13(16)12(5)7-2/h7,11,15H,6,8-10H2,1-5H3. The number of carbonyl (C=O) groups is 1. The number of ether oxygens (including phenoxy) is 1. The van der Waals surface area contributed by atoms with Gasteiger partial charge < -0.3 is 9.84 Å². The van der Waals surface area contributed by atoms with Gasteiger partial charge in [-0.2, -0.15) is 0 Å². The van der Waals surface area contributed by atoms with Crippen LogP contribution < -0.4 is 0 Å². The van der Waals surface area contributed by atoms with Gasteiger partial charge in [-0.05, 0) is 26.2 Å². The highest BCUT2D eigenvalue weighted by Gasteiger charge is 2.34. The zero-order chi connectivity index (χ0) is 13.5. The SMILES string of the molecule is CC=C(C)C(=O)OCC(CO)(CCC)C(C)C. The van der Waals surface area contributed by atoms with Crippen LogP contribution >= 0.6 is 0 Å². The lowest BCUT2D eigenvalue weighted by Crippen LogP contribution is -2.37. The lowest BCUT2D eigenvalue weighted by atomic mass is 9.75. The number of hydrogen-bond acceptors (Lipinski definition) is 3. The van der Waals surface area contributed by atoms with Gasteiger partial charge in [0.05, 0.1) is 13.2 Å². The highest BCUT2D eigenvalue weighted by Crippen LogP contribution is 2.33. The smallest absolute Gasteiger partial charge is 0.333 e. The van der Waals surface area contributed by atoms with E-state index in [0.29, 0.717) is 12.2 Å². The summed E-state index contributed by atoms with van der Waals surface area (Å²) in [6, 6.07) is 0. The zero-order valence-corrected chi connectivity index (χ0v) is 11.7. The molecule has 0 amide bonds. The monoisotopic (exact) mass is 242 g/mol. The Bertz CT molecular complexity index is 269. The number of carbonyl (C=O) groups excluding carboxylic acids is 1. The maximum Gasteiger partial charge on any atom is 0.333 e. The Balaban J connectivity index is 4.61. The average molecular weight is 242 g/mol. The molecule has 0 aliphatic carbocycles. The molecule has 0 heterocycles. The molecular weight excluding hydrogens is 216 g/mol. The molecule has 3 nitrogen and oxygen atoms in total. The van der Waals surface area contributed by atoms with Crippen molar-refractivity contribution in [3.63, 3.8) is 0 Å². The fourth-order valence-electron chi connectivity index (χ4n) is 1.77. The number of aliphatic hydroxyl groups excluding tert-OH is 1. The molecule has 17 heavy (non-hydrogen) atoms. The summed E-state index contributed by atoms with van der Waals surface area (Å²) in [6.45, 7) is 10.1. The molecule has 100 valence electrons. The minimum atomic E-state index is -0.307. The Morgan fingerprint density at radius 2 is 2.06 bits per heavy atom. The van der Waals surface area contributed by atoms with Crippen molar-refractivity contribution in [2.45, 2.75) is 47.5 Å². The molecule has 0 aromatic carbocycles. The Kier molecular flexibility index (Phi) is 7.12. The molecule has 0 aromatic rings. The Hall–Kier alpha value is -0.830. The summed E-state index contributed by atoms with van der Waals surface area (Å²) < 4.78 is 5.30. The topological polar surface area (TPSA) is 46.5 Å². The van der Waals surface area contributed by atoms with Crippen molar-refractivity contribution < 1.29 is 14.6 Å². The van der Waals surface area contributed by atoms with Gasteiger partial charge in [0.1, 0.15) is 0 Å². The van der Waals surface area contributed by atoms with Crippen molar-refractivity contribution in [3.05, 3.63) is 11.6 Å². The molecule has 1 unspecified atom stereocenters. The quantitative estimate of drug-likeness (QED) is 0.551. The molecule has 0 fully saturated rings. The molecule has 0 spiro atoms. The van der Waals surface area contributed by atoms with E-state index in [-0.39, 0.29) is 23.9 Å². The molecule has 0 aliphatic heterocycles. The van der Waals surface area contributed by atoms with Crippen molar-refractivity contribution in [1.29, 1.82) is 0 Å². The van der Waals surface area contributed by atoms with Gasteiger partial charge in [0.2, 0.25) is 0 Å². The van der Waals surface area contributed by atoms with Gasteiger partial charge in [0.15, 0.2) is 0 Å². The maximum atomic E-state index is 11.6. The van der Waals surface area contributed by atoms with Crippen LogP contribution in [-0.4, -0.2) is 24.3 Å². The van der Waals surface area contributed by atoms with E-state index >= 15 is 0 Å². The molecule has 0 radical (unpaired) electrons. The third-order valence-corrected chi connectivity index (χ3v) is 3.53. The molecule has 1 atom stereocenters. The molecule has 0 saturated heterocycles. The van der Waals surface area contributed by atoms with Crippen molar-refractivity contribution in [2.24, 2.45) is 11.3 Å². The van der Waals surface area contributed by atoms with Gasteiger partial charge >= 0.3 is 5.97 Å². The van der Waals surface area contributed by atoms with Crippen molar-refractivity contribution >= 4 is 5.97 Å². The first kappa shape index (κ1) is 16.2. The van der Waals surface area contributed by atoms with Crippen molar-refractivity contribution in [1.82, 2.24) is 0 Å². The fraction of sp³-hybridized carbons (Fsp3) is 0.786. The largest absolute Gasteiger partial charge is 0.462 e. The highest BCUT2D eigenvalue weighted by molar-refractivity contribution is 5.87. The van der Waals surface area contributed by atoms with E-state index in [4.69, 9.17) is 4.74 Å². The van der Waals surface area contributed by atoms with Crippen LogP contribution in [0.25, 0.3) is 0 Å². The van der Waals surface area contributed by atoms with Gasteiger partial charge in [-0.25, -0.2) is 4.79 Å². The average Bonchev–Trinajstić information content (AvgIpc) is 2.32. The number of rotatable bonds is 7. The first-order chi connectivity index (χ1) is 7.93. The normalized spacial score (nSPS) is 15.8. The summed E-state index contributed by atoms with van der Waals surface area (Å²) in [5.41, 5.74) is 0.301. The minimum Gasteiger partial charge on any atom is -0.462 e. The first-order valence-corrected chi connectivity index (χ1v) is 6.34. The second kappa shape index (κ2) is 7.49. The van der Waals surface area contributed by atoms with Gasteiger partial charge in [-0.3, -0.25) is 0 Å². The van der Waals surface area contributed by atoms with Crippen molar-refractivity contribution in [3.8, 4) is 0 Å².